The zero-order chi connectivity index (χ0) is 19.9. The highest BCUT2D eigenvalue weighted by Crippen LogP contribution is 2.18. The van der Waals surface area contributed by atoms with Crippen molar-refractivity contribution in [1.29, 1.82) is 0 Å². The van der Waals surface area contributed by atoms with Gasteiger partial charge in [-0.1, -0.05) is 30.3 Å². The molecule has 0 saturated carbocycles. The molecular formula is C22H24N4O2. The Morgan fingerprint density at radius 2 is 1.79 bits per heavy atom. The van der Waals surface area contributed by atoms with Gasteiger partial charge >= 0.3 is 0 Å². The Bertz CT molecular complexity index is 911. The summed E-state index contributed by atoms with van der Waals surface area (Å²) in [6.07, 6.45) is 1.59. The molecule has 28 heavy (non-hydrogen) atoms. The van der Waals surface area contributed by atoms with Crippen molar-refractivity contribution in [3.8, 4) is 5.75 Å². The average molecular weight is 376 g/mol. The molecule has 3 rings (SSSR count). The number of amides is 1. The van der Waals surface area contributed by atoms with E-state index >= 15 is 0 Å². The van der Waals surface area contributed by atoms with Crippen LogP contribution in [0.1, 0.15) is 29.9 Å². The van der Waals surface area contributed by atoms with Crippen LogP contribution in [-0.4, -0.2) is 33.9 Å². The van der Waals surface area contributed by atoms with Crippen LogP contribution in [0.25, 0.3) is 0 Å². The van der Waals surface area contributed by atoms with Crippen LogP contribution in [0.4, 0.5) is 11.6 Å². The van der Waals surface area contributed by atoms with E-state index in [1.54, 1.807) is 24.3 Å². The fraction of sp³-hybridized carbons (Fsp3) is 0.227. The van der Waals surface area contributed by atoms with Crippen LogP contribution < -0.4 is 10.1 Å². The Balaban J connectivity index is 1.77. The molecule has 144 valence electrons. The molecule has 0 unspecified atom stereocenters. The molecule has 1 N–H and O–H groups in total. The van der Waals surface area contributed by atoms with E-state index in [1.165, 1.54) is 0 Å². The number of hydrogen-bond acceptors (Lipinski definition) is 5. The van der Waals surface area contributed by atoms with Gasteiger partial charge in [-0.05, 0) is 49.7 Å². The first-order valence-corrected chi connectivity index (χ1v) is 9.16. The molecule has 0 bridgehead atoms. The lowest BCUT2D eigenvalue weighted by molar-refractivity contribution is 0.0684. The summed E-state index contributed by atoms with van der Waals surface area (Å²) >= 11 is 0. The van der Waals surface area contributed by atoms with Crippen molar-refractivity contribution in [1.82, 2.24) is 14.9 Å². The lowest BCUT2D eigenvalue weighted by Crippen LogP contribution is -2.37. The lowest BCUT2D eigenvalue weighted by atomic mass is 10.1. The molecule has 1 amide bonds. The summed E-state index contributed by atoms with van der Waals surface area (Å²) in [6, 6.07) is 19.0. The number of carbonyl (C=O) groups is 1. The van der Waals surface area contributed by atoms with Crippen molar-refractivity contribution >= 4 is 17.5 Å². The number of benzene rings is 2. The van der Waals surface area contributed by atoms with E-state index in [0.717, 1.165) is 17.0 Å². The first kappa shape index (κ1) is 19.4. The molecule has 0 saturated heterocycles. The van der Waals surface area contributed by atoms with Gasteiger partial charge in [0.15, 0.2) is 0 Å². The van der Waals surface area contributed by atoms with Crippen molar-refractivity contribution in [2.75, 3.05) is 12.4 Å². The summed E-state index contributed by atoms with van der Waals surface area (Å²) in [7, 11) is 1.62. The van der Waals surface area contributed by atoms with Crippen molar-refractivity contribution in [2.45, 2.75) is 26.4 Å². The van der Waals surface area contributed by atoms with E-state index < -0.39 is 0 Å². The number of aromatic nitrogens is 2. The van der Waals surface area contributed by atoms with E-state index in [0.29, 0.717) is 18.2 Å². The maximum atomic E-state index is 13.1. The van der Waals surface area contributed by atoms with Crippen LogP contribution in [0.2, 0.25) is 0 Å². The Hall–Kier alpha value is -3.41. The number of hydrogen-bond donors (Lipinski definition) is 1. The van der Waals surface area contributed by atoms with Crippen molar-refractivity contribution in [3.05, 3.63) is 78.1 Å². The lowest BCUT2D eigenvalue weighted by Gasteiger charge is -2.26. The summed E-state index contributed by atoms with van der Waals surface area (Å²) < 4.78 is 5.16. The summed E-state index contributed by atoms with van der Waals surface area (Å²) in [5.41, 5.74) is 2.25. The molecule has 1 aromatic heterocycles. The molecule has 0 aliphatic rings. The maximum Gasteiger partial charge on any atom is 0.273 e. The molecule has 2 aromatic carbocycles. The first-order valence-electron chi connectivity index (χ1n) is 9.16. The topological polar surface area (TPSA) is 67.3 Å². The van der Waals surface area contributed by atoms with Crippen LogP contribution in [-0.2, 0) is 6.54 Å². The van der Waals surface area contributed by atoms with E-state index in [2.05, 4.69) is 15.3 Å². The molecule has 0 aliphatic carbocycles. The average Bonchev–Trinajstić information content (AvgIpc) is 2.73. The van der Waals surface area contributed by atoms with Crippen LogP contribution in [0.5, 0.6) is 5.75 Å². The fourth-order valence-corrected chi connectivity index (χ4v) is 2.76. The van der Waals surface area contributed by atoms with Crippen LogP contribution >= 0.6 is 0 Å². The van der Waals surface area contributed by atoms with Gasteiger partial charge in [-0.2, -0.15) is 0 Å². The highest BCUT2D eigenvalue weighted by Gasteiger charge is 2.20. The first-order chi connectivity index (χ1) is 13.6. The minimum atomic E-state index is -0.126. The van der Waals surface area contributed by atoms with E-state index in [1.807, 2.05) is 68.4 Å². The van der Waals surface area contributed by atoms with Gasteiger partial charge in [0.25, 0.3) is 5.91 Å². The third kappa shape index (κ3) is 4.85. The minimum Gasteiger partial charge on any atom is -0.497 e. The molecule has 0 spiro atoms. The van der Waals surface area contributed by atoms with Crippen molar-refractivity contribution < 1.29 is 9.53 Å². The number of carbonyl (C=O) groups excluding carboxylic acids is 1. The van der Waals surface area contributed by atoms with Crippen LogP contribution in [0.3, 0.4) is 0 Å². The second-order valence-electron chi connectivity index (χ2n) is 6.63. The van der Waals surface area contributed by atoms with E-state index in [4.69, 9.17) is 4.74 Å². The summed E-state index contributed by atoms with van der Waals surface area (Å²) in [6.45, 7) is 4.53. The van der Waals surface area contributed by atoms with Crippen LogP contribution in [0, 0.1) is 0 Å². The highest BCUT2D eigenvalue weighted by atomic mass is 16.5. The SMILES string of the molecule is COc1ccc(Nc2nccc(C(=O)N(Cc3ccccc3)C(C)C)n2)cc1. The van der Waals surface area contributed by atoms with E-state index in [9.17, 15) is 4.79 Å². The maximum absolute atomic E-state index is 13.1. The molecule has 0 fully saturated rings. The fourth-order valence-electron chi connectivity index (χ4n) is 2.76. The van der Waals surface area contributed by atoms with Gasteiger partial charge in [-0.25, -0.2) is 9.97 Å². The van der Waals surface area contributed by atoms with Crippen molar-refractivity contribution in [3.63, 3.8) is 0 Å². The summed E-state index contributed by atoms with van der Waals surface area (Å²) in [5.74, 6) is 1.02. The summed E-state index contributed by atoms with van der Waals surface area (Å²) in [5, 5.41) is 3.12. The Kier molecular flexibility index (Phi) is 6.22. The second-order valence-corrected chi connectivity index (χ2v) is 6.63. The standard InChI is InChI=1S/C22H24N4O2/c1-16(2)26(15-17-7-5-4-6-8-17)21(27)20-13-14-23-22(25-20)24-18-9-11-19(28-3)12-10-18/h4-14,16H,15H2,1-3H3,(H,23,24,25). The van der Waals surface area contributed by atoms with Gasteiger partial charge < -0.3 is 15.0 Å². The number of nitrogens with zero attached hydrogens (tertiary/aromatic N) is 3. The number of methoxy groups -OCH3 is 1. The predicted octanol–water partition coefficient (Wildman–Crippen LogP) is 4.28. The normalized spacial score (nSPS) is 10.6. The van der Waals surface area contributed by atoms with Gasteiger partial charge in [0.2, 0.25) is 5.95 Å². The number of nitrogens with one attached hydrogen (secondary N) is 1. The van der Waals surface area contributed by atoms with Gasteiger partial charge in [-0.15, -0.1) is 0 Å². The van der Waals surface area contributed by atoms with Crippen molar-refractivity contribution in [2.24, 2.45) is 0 Å². The molecular weight excluding hydrogens is 352 g/mol. The van der Waals surface area contributed by atoms with Crippen LogP contribution in [0.15, 0.2) is 66.9 Å². The smallest absolute Gasteiger partial charge is 0.273 e. The molecule has 1 heterocycles. The molecule has 0 atom stereocenters. The monoisotopic (exact) mass is 376 g/mol. The number of ether oxygens (including phenoxy) is 1. The van der Waals surface area contributed by atoms with Gasteiger partial charge in [0.05, 0.1) is 7.11 Å². The number of anilines is 2. The Labute approximate surface area is 165 Å². The largest absolute Gasteiger partial charge is 0.497 e. The molecule has 6 heteroatoms. The zero-order valence-corrected chi connectivity index (χ0v) is 16.3. The van der Waals surface area contributed by atoms with Gasteiger partial charge in [0, 0.05) is 24.5 Å². The third-order valence-electron chi connectivity index (χ3n) is 4.30. The Morgan fingerprint density at radius 3 is 2.43 bits per heavy atom. The molecule has 0 radical (unpaired) electrons. The predicted molar refractivity (Wildman–Crippen MR) is 110 cm³/mol. The number of rotatable bonds is 7. The minimum absolute atomic E-state index is 0.0423. The van der Waals surface area contributed by atoms with E-state index in [-0.39, 0.29) is 11.9 Å². The Morgan fingerprint density at radius 1 is 1.07 bits per heavy atom. The van der Waals surface area contributed by atoms with Gasteiger partial charge in [0.1, 0.15) is 11.4 Å². The zero-order valence-electron chi connectivity index (χ0n) is 16.3. The molecule has 3 aromatic rings. The summed E-state index contributed by atoms with van der Waals surface area (Å²) in [4.78, 5) is 23.5. The molecule has 6 nitrogen and oxygen atoms in total. The highest BCUT2D eigenvalue weighted by molar-refractivity contribution is 5.92. The third-order valence-corrected chi connectivity index (χ3v) is 4.30. The second kappa shape index (κ2) is 8.99. The molecule has 0 aliphatic heterocycles. The quantitative estimate of drug-likeness (QED) is 0.667. The van der Waals surface area contributed by atoms with Gasteiger partial charge in [-0.3, -0.25) is 4.79 Å².